The number of nitrogens with zero attached hydrogens (tertiary/aromatic N) is 5. The van der Waals surface area contributed by atoms with Gasteiger partial charge in [0.1, 0.15) is 17.7 Å². The number of amides is 3. The number of pyridine rings is 1. The molecule has 0 spiro atoms. The zero-order valence-electron chi connectivity index (χ0n) is 31.1. The maximum absolute atomic E-state index is 13.6. The highest BCUT2D eigenvalue weighted by atomic mass is 19.3. The van der Waals surface area contributed by atoms with Crippen molar-refractivity contribution in [3.63, 3.8) is 0 Å². The second-order valence-electron chi connectivity index (χ2n) is 15.0. The quantitative estimate of drug-likeness (QED) is 0.149. The lowest BCUT2D eigenvalue weighted by Crippen LogP contribution is -2.52. The number of halogens is 2. The molecule has 10 nitrogen and oxygen atoms in total. The predicted molar refractivity (Wildman–Crippen MR) is 205 cm³/mol. The van der Waals surface area contributed by atoms with Crippen molar-refractivity contribution in [3.05, 3.63) is 118 Å². The van der Waals surface area contributed by atoms with Gasteiger partial charge in [-0.05, 0) is 105 Å². The normalized spacial score (nSPS) is 18.5. The molecule has 3 aliphatic heterocycles. The minimum Gasteiger partial charge on any atom is -0.363 e. The molecule has 12 heteroatoms. The number of likely N-dealkylation sites (tertiary alicyclic amines) is 1. The zero-order chi connectivity index (χ0) is 38.4. The summed E-state index contributed by atoms with van der Waals surface area (Å²) in [6, 6.07) is 20.6. The summed E-state index contributed by atoms with van der Waals surface area (Å²) < 4.78 is 27.3. The van der Waals surface area contributed by atoms with Gasteiger partial charge in [0, 0.05) is 41.6 Å². The SMILES string of the molecule is Cc1nc(N[C@H](C)c2cccc(C(F)F)c2C)c2cc(-c3cccc(CN4CCC(c5ccc6c(c5)CN(C5CCC(=O)NC5=O)C6=O)CC4)c3)ncc2n1. The zero-order valence-corrected chi connectivity index (χ0v) is 31.1. The molecule has 0 aliphatic carbocycles. The van der Waals surface area contributed by atoms with Gasteiger partial charge < -0.3 is 10.2 Å². The molecule has 0 radical (unpaired) electrons. The van der Waals surface area contributed by atoms with Crippen molar-refractivity contribution in [1.82, 2.24) is 30.1 Å². The van der Waals surface area contributed by atoms with E-state index in [0.29, 0.717) is 47.2 Å². The van der Waals surface area contributed by atoms with E-state index in [9.17, 15) is 23.2 Å². The van der Waals surface area contributed by atoms with Gasteiger partial charge in [-0.15, -0.1) is 0 Å². The summed E-state index contributed by atoms with van der Waals surface area (Å²) in [6.45, 7) is 8.56. The molecule has 3 amide bonds. The fourth-order valence-electron chi connectivity index (χ4n) is 8.44. The van der Waals surface area contributed by atoms with Crippen molar-refractivity contribution in [2.24, 2.45) is 0 Å². The van der Waals surface area contributed by atoms with E-state index < -0.39 is 18.4 Å². The third kappa shape index (κ3) is 7.30. The summed E-state index contributed by atoms with van der Waals surface area (Å²) in [6.07, 6.45) is 1.80. The monoisotopic (exact) mass is 743 g/mol. The number of hydrogen-bond donors (Lipinski definition) is 2. The van der Waals surface area contributed by atoms with Crippen molar-refractivity contribution in [2.75, 3.05) is 18.4 Å². The van der Waals surface area contributed by atoms with Gasteiger partial charge in [-0.3, -0.25) is 29.6 Å². The Morgan fingerprint density at radius 1 is 0.927 bits per heavy atom. The number of fused-ring (bicyclic) bond motifs is 2. The number of hydrogen-bond acceptors (Lipinski definition) is 8. The van der Waals surface area contributed by atoms with E-state index in [1.54, 1.807) is 24.1 Å². The molecule has 5 heterocycles. The minimum absolute atomic E-state index is 0.0324. The van der Waals surface area contributed by atoms with Crippen LogP contribution in [-0.2, 0) is 22.7 Å². The maximum atomic E-state index is 13.6. The van der Waals surface area contributed by atoms with E-state index in [0.717, 1.165) is 60.2 Å². The average Bonchev–Trinajstić information content (AvgIpc) is 3.49. The van der Waals surface area contributed by atoms with Crippen LogP contribution in [0.1, 0.15) is 101 Å². The van der Waals surface area contributed by atoms with Crippen molar-refractivity contribution in [3.8, 4) is 11.3 Å². The minimum atomic E-state index is -2.54. The first-order valence-electron chi connectivity index (χ1n) is 18.9. The number of aryl methyl sites for hydroxylation is 1. The number of aromatic nitrogens is 3. The van der Waals surface area contributed by atoms with Gasteiger partial charge in [0.25, 0.3) is 12.3 Å². The smallest absolute Gasteiger partial charge is 0.264 e. The molecule has 2 fully saturated rings. The van der Waals surface area contributed by atoms with Crippen LogP contribution < -0.4 is 10.6 Å². The van der Waals surface area contributed by atoms with E-state index >= 15 is 0 Å². The van der Waals surface area contributed by atoms with Crippen molar-refractivity contribution < 1.29 is 23.2 Å². The summed E-state index contributed by atoms with van der Waals surface area (Å²) in [4.78, 5) is 55.5. The number of imide groups is 1. The molecule has 282 valence electrons. The molecule has 2 aromatic heterocycles. The molecule has 0 saturated carbocycles. The Kier molecular flexibility index (Phi) is 9.85. The predicted octanol–water partition coefficient (Wildman–Crippen LogP) is 7.56. The first-order valence-corrected chi connectivity index (χ1v) is 18.9. The first-order chi connectivity index (χ1) is 26.5. The highest BCUT2D eigenvalue weighted by molar-refractivity contribution is 6.05. The molecule has 2 atom stereocenters. The van der Waals surface area contributed by atoms with Crippen LogP contribution >= 0.6 is 0 Å². The van der Waals surface area contributed by atoms with Crippen molar-refractivity contribution in [2.45, 2.75) is 84.0 Å². The number of alkyl halides is 2. The number of benzene rings is 3. The molecule has 0 bridgehead atoms. The Bertz CT molecular complexity index is 2320. The molecule has 3 aliphatic rings. The molecule has 3 aromatic carbocycles. The van der Waals surface area contributed by atoms with Crippen LogP contribution in [0.3, 0.4) is 0 Å². The summed E-state index contributed by atoms with van der Waals surface area (Å²) in [7, 11) is 0. The van der Waals surface area contributed by atoms with Gasteiger partial charge in [-0.2, -0.15) is 0 Å². The molecule has 2 N–H and O–H groups in total. The van der Waals surface area contributed by atoms with Crippen LogP contribution in [0.4, 0.5) is 14.6 Å². The lowest BCUT2D eigenvalue weighted by atomic mass is 9.87. The first kappa shape index (κ1) is 36.4. The van der Waals surface area contributed by atoms with Gasteiger partial charge in [-0.1, -0.05) is 48.5 Å². The standard InChI is InChI=1S/C43H43F2N7O3/c1-24-32(8-5-9-33(24)40(44)45)25(2)47-41-35-20-36(46-21-37(35)48-26(3)49-41)30-7-4-6-27(18-30)22-51-16-14-28(15-17-51)29-10-11-34-31(19-29)23-52(43(34)55)38-12-13-39(53)50-42(38)54/h4-11,18-21,25,28,38,40H,12-17,22-23H2,1-3H3,(H,47,48,49)(H,50,53,54)/t25-,38?/m1/s1. The van der Waals surface area contributed by atoms with Gasteiger partial charge in [0.15, 0.2) is 0 Å². The Labute approximate surface area is 318 Å². The van der Waals surface area contributed by atoms with Gasteiger partial charge >= 0.3 is 0 Å². The number of rotatable bonds is 9. The molecule has 2 saturated heterocycles. The number of anilines is 1. The third-order valence-corrected chi connectivity index (χ3v) is 11.4. The fourth-order valence-corrected chi connectivity index (χ4v) is 8.44. The molecule has 8 rings (SSSR count). The largest absolute Gasteiger partial charge is 0.363 e. The summed E-state index contributed by atoms with van der Waals surface area (Å²) in [5.74, 6) is 0.764. The Balaban J connectivity index is 0.933. The molecular weight excluding hydrogens is 701 g/mol. The molecular formula is C43H43F2N7O3. The van der Waals surface area contributed by atoms with Crippen LogP contribution in [0, 0.1) is 13.8 Å². The van der Waals surface area contributed by atoms with E-state index in [1.807, 2.05) is 38.1 Å². The lowest BCUT2D eigenvalue weighted by Gasteiger charge is -2.32. The van der Waals surface area contributed by atoms with E-state index in [-0.39, 0.29) is 29.8 Å². The number of piperidine rings is 2. The summed E-state index contributed by atoms with van der Waals surface area (Å²) in [5.41, 5.74) is 7.85. The van der Waals surface area contributed by atoms with Crippen LogP contribution in [-0.4, -0.2) is 61.6 Å². The summed E-state index contributed by atoms with van der Waals surface area (Å²) in [5, 5.41) is 6.64. The van der Waals surface area contributed by atoms with E-state index in [1.165, 1.54) is 17.2 Å². The second-order valence-corrected chi connectivity index (χ2v) is 15.0. The van der Waals surface area contributed by atoms with Crippen molar-refractivity contribution >= 4 is 34.4 Å². The Hall–Kier alpha value is -5.62. The van der Waals surface area contributed by atoms with Crippen LogP contribution in [0.5, 0.6) is 0 Å². The topological polar surface area (TPSA) is 120 Å². The fraction of sp³-hybridized carbons (Fsp3) is 0.349. The van der Waals surface area contributed by atoms with Gasteiger partial charge in [0.2, 0.25) is 11.8 Å². The van der Waals surface area contributed by atoms with Crippen LogP contribution in [0.15, 0.2) is 72.9 Å². The lowest BCUT2D eigenvalue weighted by molar-refractivity contribution is -0.136. The maximum Gasteiger partial charge on any atom is 0.264 e. The Morgan fingerprint density at radius 3 is 2.49 bits per heavy atom. The Morgan fingerprint density at radius 2 is 1.71 bits per heavy atom. The van der Waals surface area contributed by atoms with Gasteiger partial charge in [-0.25, -0.2) is 18.7 Å². The third-order valence-electron chi connectivity index (χ3n) is 11.4. The number of carbonyl (C=O) groups is 3. The second kappa shape index (κ2) is 14.9. The molecule has 1 unspecified atom stereocenters. The molecule has 5 aromatic rings. The van der Waals surface area contributed by atoms with E-state index in [2.05, 4.69) is 50.8 Å². The van der Waals surface area contributed by atoms with Crippen molar-refractivity contribution in [1.29, 1.82) is 0 Å². The van der Waals surface area contributed by atoms with Crippen LogP contribution in [0.25, 0.3) is 22.2 Å². The van der Waals surface area contributed by atoms with Gasteiger partial charge in [0.05, 0.1) is 23.4 Å². The van der Waals surface area contributed by atoms with E-state index in [4.69, 9.17) is 9.97 Å². The average molecular weight is 744 g/mol. The number of carbonyl (C=O) groups excluding carboxylic acids is 3. The highest BCUT2D eigenvalue weighted by Gasteiger charge is 2.39. The highest BCUT2D eigenvalue weighted by Crippen LogP contribution is 2.35. The summed E-state index contributed by atoms with van der Waals surface area (Å²) >= 11 is 0. The molecule has 55 heavy (non-hydrogen) atoms. The van der Waals surface area contributed by atoms with Crippen LogP contribution in [0.2, 0.25) is 0 Å². The number of nitrogens with one attached hydrogen (secondary N) is 2.